The second-order valence-corrected chi connectivity index (χ2v) is 3.81. The van der Waals surface area contributed by atoms with Crippen molar-refractivity contribution < 1.29 is 9.18 Å². The molecule has 0 saturated heterocycles. The van der Waals surface area contributed by atoms with Crippen LogP contribution in [0.4, 0.5) is 4.39 Å². The third-order valence-corrected chi connectivity index (χ3v) is 2.38. The molecule has 1 aromatic rings. The average Bonchev–Trinajstić information content (AvgIpc) is 2.31. The molecule has 0 aliphatic rings. The monoisotopic (exact) mass is 234 g/mol. The third-order valence-electron chi connectivity index (χ3n) is 2.38. The van der Waals surface area contributed by atoms with Crippen LogP contribution >= 0.6 is 0 Å². The molecular weight excluding hydrogens is 219 g/mol. The van der Waals surface area contributed by atoms with Gasteiger partial charge in [-0.1, -0.05) is 31.5 Å². The van der Waals surface area contributed by atoms with Gasteiger partial charge in [0.1, 0.15) is 11.9 Å². The number of nitrogens with zero attached hydrogens (tertiary/aromatic N) is 1. The first kappa shape index (κ1) is 13.2. The van der Waals surface area contributed by atoms with E-state index in [9.17, 15) is 9.18 Å². The minimum atomic E-state index is -0.487. The highest BCUT2D eigenvalue weighted by atomic mass is 19.1. The fourth-order valence-corrected chi connectivity index (χ4v) is 1.52. The van der Waals surface area contributed by atoms with Gasteiger partial charge >= 0.3 is 0 Å². The lowest BCUT2D eigenvalue weighted by Gasteiger charge is -2.10. The highest BCUT2D eigenvalue weighted by molar-refractivity contribution is 5.79. The van der Waals surface area contributed by atoms with Crippen molar-refractivity contribution in [1.29, 1.82) is 5.26 Å². The molecule has 4 heteroatoms. The molecule has 1 atom stereocenters. The Labute approximate surface area is 100 Å². The fraction of sp³-hybridized carbons (Fsp3) is 0.385. The van der Waals surface area contributed by atoms with Crippen LogP contribution in [0.15, 0.2) is 24.3 Å². The van der Waals surface area contributed by atoms with Crippen LogP contribution in [0.5, 0.6) is 0 Å². The zero-order valence-electron chi connectivity index (χ0n) is 9.74. The SMILES string of the molecule is CCCC(C#N)NC(=O)Cc1ccccc1F. The Balaban J connectivity index is 2.56. The molecule has 0 saturated carbocycles. The molecule has 1 unspecified atom stereocenters. The maximum absolute atomic E-state index is 13.3. The van der Waals surface area contributed by atoms with Crippen LogP contribution in [0, 0.1) is 17.1 Å². The van der Waals surface area contributed by atoms with E-state index in [0.29, 0.717) is 12.0 Å². The van der Waals surface area contributed by atoms with Gasteiger partial charge in [-0.2, -0.15) is 5.26 Å². The van der Waals surface area contributed by atoms with Crippen LogP contribution in [0.1, 0.15) is 25.3 Å². The quantitative estimate of drug-likeness (QED) is 0.848. The van der Waals surface area contributed by atoms with Crippen LogP contribution in [-0.4, -0.2) is 11.9 Å². The smallest absolute Gasteiger partial charge is 0.225 e. The van der Waals surface area contributed by atoms with E-state index in [1.165, 1.54) is 6.07 Å². The number of carbonyl (C=O) groups excluding carboxylic acids is 1. The van der Waals surface area contributed by atoms with Crippen LogP contribution in [0.2, 0.25) is 0 Å². The van der Waals surface area contributed by atoms with Crippen LogP contribution < -0.4 is 5.32 Å². The molecule has 0 aliphatic heterocycles. The number of nitrogens with one attached hydrogen (secondary N) is 1. The Morgan fingerprint density at radius 2 is 2.24 bits per heavy atom. The van der Waals surface area contributed by atoms with Gasteiger partial charge in [-0.05, 0) is 18.1 Å². The first-order chi connectivity index (χ1) is 8.17. The number of nitriles is 1. The minimum Gasteiger partial charge on any atom is -0.340 e. The van der Waals surface area contributed by atoms with Crippen molar-refractivity contribution in [1.82, 2.24) is 5.32 Å². The van der Waals surface area contributed by atoms with E-state index < -0.39 is 11.9 Å². The summed E-state index contributed by atoms with van der Waals surface area (Å²) in [5.41, 5.74) is 0.346. The van der Waals surface area contributed by atoms with Gasteiger partial charge in [-0.25, -0.2) is 4.39 Å². The summed E-state index contributed by atoms with van der Waals surface area (Å²) in [6.07, 6.45) is 1.40. The van der Waals surface area contributed by atoms with Crippen molar-refractivity contribution in [3.63, 3.8) is 0 Å². The van der Waals surface area contributed by atoms with Gasteiger partial charge in [0, 0.05) is 0 Å². The molecule has 3 nitrogen and oxygen atoms in total. The normalized spacial score (nSPS) is 11.6. The molecule has 0 aliphatic carbocycles. The lowest BCUT2D eigenvalue weighted by molar-refractivity contribution is -0.120. The predicted octanol–water partition coefficient (Wildman–Crippen LogP) is 2.18. The summed E-state index contributed by atoms with van der Waals surface area (Å²) >= 11 is 0. The number of hydrogen-bond acceptors (Lipinski definition) is 2. The molecule has 17 heavy (non-hydrogen) atoms. The Morgan fingerprint density at radius 1 is 1.53 bits per heavy atom. The van der Waals surface area contributed by atoms with Gasteiger partial charge in [-0.15, -0.1) is 0 Å². The molecule has 0 radical (unpaired) electrons. The Bertz CT molecular complexity index is 426. The summed E-state index contributed by atoms with van der Waals surface area (Å²) in [6, 6.07) is 7.66. The van der Waals surface area contributed by atoms with E-state index in [4.69, 9.17) is 5.26 Å². The topological polar surface area (TPSA) is 52.9 Å². The van der Waals surface area contributed by atoms with Gasteiger partial charge in [0.15, 0.2) is 0 Å². The summed E-state index contributed by atoms with van der Waals surface area (Å²) in [5, 5.41) is 11.4. The second kappa shape index (κ2) is 6.64. The van der Waals surface area contributed by atoms with Crippen LogP contribution in [-0.2, 0) is 11.2 Å². The summed E-state index contributed by atoms with van der Waals surface area (Å²) in [4.78, 5) is 11.6. The highest BCUT2D eigenvalue weighted by Gasteiger charge is 2.12. The molecule has 0 aromatic heterocycles. The van der Waals surface area contributed by atoms with Crippen LogP contribution in [0.3, 0.4) is 0 Å². The van der Waals surface area contributed by atoms with E-state index in [1.54, 1.807) is 18.2 Å². The van der Waals surface area contributed by atoms with Crippen LogP contribution in [0.25, 0.3) is 0 Å². The van der Waals surface area contributed by atoms with Crippen molar-refractivity contribution >= 4 is 5.91 Å². The third kappa shape index (κ3) is 4.23. The largest absolute Gasteiger partial charge is 0.340 e. The summed E-state index contributed by atoms with van der Waals surface area (Å²) < 4.78 is 13.3. The molecule has 0 heterocycles. The fourth-order valence-electron chi connectivity index (χ4n) is 1.52. The summed E-state index contributed by atoms with van der Waals surface area (Å²) in [7, 11) is 0. The van der Waals surface area contributed by atoms with Gasteiger partial charge in [0.05, 0.1) is 12.5 Å². The van der Waals surface area contributed by atoms with E-state index in [0.717, 1.165) is 6.42 Å². The Hall–Kier alpha value is -1.89. The maximum Gasteiger partial charge on any atom is 0.225 e. The molecule has 1 aromatic carbocycles. The molecule has 0 spiro atoms. The average molecular weight is 234 g/mol. The van der Waals surface area contributed by atoms with Gasteiger partial charge in [0.2, 0.25) is 5.91 Å². The number of halogens is 1. The van der Waals surface area contributed by atoms with Gasteiger partial charge in [-0.3, -0.25) is 4.79 Å². The minimum absolute atomic E-state index is 0.0332. The van der Waals surface area contributed by atoms with Gasteiger partial charge < -0.3 is 5.32 Å². The molecule has 0 fully saturated rings. The maximum atomic E-state index is 13.3. The van der Waals surface area contributed by atoms with E-state index in [2.05, 4.69) is 5.32 Å². The number of amides is 1. The lowest BCUT2D eigenvalue weighted by Crippen LogP contribution is -2.34. The van der Waals surface area contributed by atoms with E-state index in [-0.39, 0.29) is 12.3 Å². The number of carbonyl (C=O) groups is 1. The molecular formula is C13H15FN2O. The first-order valence-corrected chi connectivity index (χ1v) is 5.59. The van der Waals surface area contributed by atoms with E-state index >= 15 is 0 Å². The summed E-state index contributed by atoms with van der Waals surface area (Å²) in [6.45, 7) is 1.94. The summed E-state index contributed by atoms with van der Waals surface area (Å²) in [5.74, 6) is -0.721. The predicted molar refractivity (Wildman–Crippen MR) is 62.6 cm³/mol. The zero-order valence-corrected chi connectivity index (χ0v) is 9.74. The van der Waals surface area contributed by atoms with Crippen molar-refractivity contribution in [2.24, 2.45) is 0 Å². The molecule has 1 N–H and O–H groups in total. The van der Waals surface area contributed by atoms with Crippen molar-refractivity contribution in [2.45, 2.75) is 32.2 Å². The number of hydrogen-bond donors (Lipinski definition) is 1. The van der Waals surface area contributed by atoms with Crippen molar-refractivity contribution in [2.75, 3.05) is 0 Å². The molecule has 0 bridgehead atoms. The zero-order chi connectivity index (χ0) is 12.7. The number of rotatable bonds is 5. The number of benzene rings is 1. The molecule has 90 valence electrons. The highest BCUT2D eigenvalue weighted by Crippen LogP contribution is 2.07. The van der Waals surface area contributed by atoms with E-state index in [1.807, 2.05) is 13.0 Å². The Morgan fingerprint density at radius 3 is 2.82 bits per heavy atom. The van der Waals surface area contributed by atoms with Crippen molar-refractivity contribution in [3.05, 3.63) is 35.6 Å². The van der Waals surface area contributed by atoms with Crippen molar-refractivity contribution in [3.8, 4) is 6.07 Å². The Kier molecular flexibility index (Phi) is 5.15. The standard InChI is InChI=1S/C13H15FN2O/c1-2-5-11(9-15)16-13(17)8-10-6-3-4-7-12(10)14/h3-4,6-7,11H,2,5,8H2,1H3,(H,16,17). The molecule has 1 rings (SSSR count). The van der Waals surface area contributed by atoms with Gasteiger partial charge in [0.25, 0.3) is 0 Å². The first-order valence-electron chi connectivity index (χ1n) is 5.59. The lowest BCUT2D eigenvalue weighted by atomic mass is 10.1. The molecule has 1 amide bonds. The second-order valence-electron chi connectivity index (χ2n) is 3.81.